The molecule has 4 nitrogen and oxygen atoms in total. The number of nitriles is 1. The number of aromatic nitrogens is 2. The molecule has 0 atom stereocenters. The molecule has 0 unspecified atom stereocenters. The molecule has 1 aliphatic carbocycles. The monoisotopic (exact) mass is 838 g/mol. The molecule has 1 fully saturated rings. The molecule has 3 heterocycles. The van der Waals surface area contributed by atoms with Crippen molar-refractivity contribution >= 4 is 21.9 Å². The molecule has 3 aromatic heterocycles. The van der Waals surface area contributed by atoms with Gasteiger partial charge in [0, 0.05) is 47.5 Å². The van der Waals surface area contributed by atoms with Gasteiger partial charge in [-0.15, -0.1) is 54.1 Å². The third-order valence-corrected chi connectivity index (χ3v) is 9.20. The molecule has 0 spiro atoms. The van der Waals surface area contributed by atoms with Crippen LogP contribution in [0, 0.1) is 42.6 Å². The molecule has 7 aromatic rings. The van der Waals surface area contributed by atoms with Crippen molar-refractivity contribution in [3.63, 3.8) is 0 Å². The first-order chi connectivity index (χ1) is 27.0. The minimum Gasteiger partial charge on any atom is -0.501 e. The fourth-order valence-corrected chi connectivity index (χ4v) is 6.32. The quantitative estimate of drug-likeness (QED) is 0.166. The number of pyridine rings is 2. The molecule has 4 aromatic carbocycles. The summed E-state index contributed by atoms with van der Waals surface area (Å²) in [7, 11) is 0. The molecule has 251 valence electrons. The molecule has 0 saturated heterocycles. The third-order valence-electron chi connectivity index (χ3n) is 9.20. The summed E-state index contributed by atoms with van der Waals surface area (Å²) in [6.07, 6.45) is 5.65. The van der Waals surface area contributed by atoms with E-state index >= 15 is 0 Å². The molecule has 1 aliphatic rings. The van der Waals surface area contributed by atoms with Crippen LogP contribution in [-0.4, -0.2) is 9.97 Å². The average molecular weight is 838 g/mol. The summed E-state index contributed by atoms with van der Waals surface area (Å²) >= 11 is 0. The van der Waals surface area contributed by atoms with E-state index in [1.54, 1.807) is 30.5 Å². The maximum atomic E-state index is 9.34. The van der Waals surface area contributed by atoms with E-state index in [0.29, 0.717) is 40.7 Å². The number of furan rings is 1. The molecular formula is C45H39IrN3O-2. The van der Waals surface area contributed by atoms with Gasteiger partial charge in [0.25, 0.3) is 0 Å². The van der Waals surface area contributed by atoms with Crippen molar-refractivity contribution in [2.75, 3.05) is 0 Å². The largest absolute Gasteiger partial charge is 0.501 e. The fraction of sp³-hybridized carbons (Fsp3) is 0.222. The maximum Gasteiger partial charge on any atom is 0.122 e. The predicted molar refractivity (Wildman–Crippen MR) is 199 cm³/mol. The Kier molecular flexibility index (Phi) is 7.76. The number of aryl methyl sites for hydroxylation is 2. The van der Waals surface area contributed by atoms with Crippen molar-refractivity contribution in [3.8, 4) is 39.7 Å². The van der Waals surface area contributed by atoms with Crippen LogP contribution < -0.4 is 0 Å². The van der Waals surface area contributed by atoms with Crippen molar-refractivity contribution in [2.45, 2.75) is 59.1 Å². The molecule has 0 bridgehead atoms. The second-order valence-corrected chi connectivity index (χ2v) is 13.1. The summed E-state index contributed by atoms with van der Waals surface area (Å²) in [5.41, 5.74) is 4.30. The molecule has 50 heavy (non-hydrogen) atoms. The Bertz CT molecular complexity index is 2580. The Morgan fingerprint density at radius 2 is 1.72 bits per heavy atom. The van der Waals surface area contributed by atoms with Crippen molar-refractivity contribution in [2.24, 2.45) is 5.41 Å². The van der Waals surface area contributed by atoms with Crippen LogP contribution in [0.5, 0.6) is 0 Å². The average Bonchev–Trinajstić information content (AvgIpc) is 3.57. The van der Waals surface area contributed by atoms with Crippen LogP contribution in [0.3, 0.4) is 0 Å². The van der Waals surface area contributed by atoms with Crippen molar-refractivity contribution < 1.29 is 35.5 Å². The van der Waals surface area contributed by atoms with E-state index in [2.05, 4.69) is 42.0 Å². The van der Waals surface area contributed by atoms with Crippen LogP contribution in [0.15, 0.2) is 114 Å². The molecule has 5 heteroatoms. The number of fused-ring (bicyclic) bond motifs is 3. The summed E-state index contributed by atoms with van der Waals surface area (Å²) in [5.74, 6) is -1.04. The fourth-order valence-electron chi connectivity index (χ4n) is 6.32. The predicted octanol–water partition coefficient (Wildman–Crippen LogP) is 11.8. The van der Waals surface area contributed by atoms with Gasteiger partial charge in [-0.05, 0) is 108 Å². The van der Waals surface area contributed by atoms with Crippen molar-refractivity contribution in [1.29, 1.82) is 5.26 Å². The summed E-state index contributed by atoms with van der Waals surface area (Å²) < 4.78 is 74.6. The Morgan fingerprint density at radius 1 is 0.880 bits per heavy atom. The van der Waals surface area contributed by atoms with Gasteiger partial charge in [-0.1, -0.05) is 67.2 Å². The van der Waals surface area contributed by atoms with E-state index in [4.69, 9.17) is 14.0 Å². The van der Waals surface area contributed by atoms with E-state index in [-0.39, 0.29) is 59.5 Å². The van der Waals surface area contributed by atoms with Crippen LogP contribution in [-0.2, 0) is 20.1 Å². The second-order valence-electron chi connectivity index (χ2n) is 13.1. The van der Waals surface area contributed by atoms with Gasteiger partial charge in [0.2, 0.25) is 0 Å². The number of hydrogen-bond donors (Lipinski definition) is 0. The summed E-state index contributed by atoms with van der Waals surface area (Å²) in [6, 6.07) is 35.0. The van der Waals surface area contributed by atoms with Crippen molar-refractivity contribution in [3.05, 3.63) is 144 Å². The van der Waals surface area contributed by atoms with Crippen LogP contribution in [0.1, 0.15) is 78.6 Å². The van der Waals surface area contributed by atoms with Gasteiger partial charge in [0.1, 0.15) is 5.58 Å². The topological polar surface area (TPSA) is 62.7 Å². The zero-order chi connectivity index (χ0) is 40.8. The first-order valence-electron chi connectivity index (χ1n) is 20.3. The van der Waals surface area contributed by atoms with Gasteiger partial charge in [0.05, 0.1) is 18.6 Å². The van der Waals surface area contributed by atoms with Gasteiger partial charge in [-0.3, -0.25) is 0 Å². The SMILES string of the molecule is [2H]c1cc(C2([2H])CCC(C)(C)CC2)cc(C([2H])([2H])[2H])c1-c1cc(-c2[c-]ccc3c2oc2cc(C#N)ccc23)ncc1C([2H])([2H])[2H].[Ir].[c-]1ccccc1-c1ccccn1. The summed E-state index contributed by atoms with van der Waals surface area (Å²) in [6.45, 7) is -1.04. The molecule has 0 amide bonds. The van der Waals surface area contributed by atoms with E-state index in [1.165, 1.54) is 24.4 Å². The molecular weight excluding hydrogens is 791 g/mol. The van der Waals surface area contributed by atoms with Gasteiger partial charge < -0.3 is 14.4 Å². The van der Waals surface area contributed by atoms with Gasteiger partial charge in [-0.2, -0.15) is 5.26 Å². The molecule has 0 aliphatic heterocycles. The zero-order valence-corrected chi connectivity index (χ0v) is 30.1. The Balaban J connectivity index is 0.000000372. The second kappa shape index (κ2) is 14.9. The zero-order valence-electron chi connectivity index (χ0n) is 35.7. The number of benzene rings is 4. The van der Waals surface area contributed by atoms with Crippen LogP contribution >= 0.6 is 0 Å². The normalized spacial score (nSPS) is 17.5. The van der Waals surface area contributed by atoms with Gasteiger partial charge in [0.15, 0.2) is 0 Å². The smallest absolute Gasteiger partial charge is 0.122 e. The Morgan fingerprint density at radius 3 is 2.46 bits per heavy atom. The molecule has 8 rings (SSSR count). The molecule has 1 radical (unpaired) electrons. The Labute approximate surface area is 319 Å². The first kappa shape index (κ1) is 26.0. The minimum absolute atomic E-state index is 0. The van der Waals surface area contributed by atoms with Crippen LogP contribution in [0.25, 0.3) is 55.6 Å². The van der Waals surface area contributed by atoms with Crippen LogP contribution in [0.2, 0.25) is 0 Å². The standard InChI is InChI=1S/C34H31N2O.C11H8N.Ir/c1-21-16-25(24-12-14-34(3,4)15-13-24)9-11-26(21)30-18-31(36-20-22(30)2)29-7-5-6-28-27-10-8-23(19-35)17-32(27)37-33(28)29;1-2-6-10(7-3-1)11-8-4-5-9-12-11;/h5-6,8-11,16-18,20,24H,12-15H2,1-4H3;1-6,8-9H;/q2*-1;/i1D3,2D3,11D,24D;;. The molecule has 0 N–H and O–H groups in total. The number of nitrogens with zero attached hydrogens (tertiary/aromatic N) is 3. The van der Waals surface area contributed by atoms with E-state index < -0.39 is 19.6 Å². The number of hydrogen-bond acceptors (Lipinski definition) is 4. The maximum absolute atomic E-state index is 9.34. The van der Waals surface area contributed by atoms with Crippen molar-refractivity contribution in [1.82, 2.24) is 9.97 Å². The van der Waals surface area contributed by atoms with Crippen LogP contribution in [0.4, 0.5) is 0 Å². The van der Waals surface area contributed by atoms with E-state index in [1.807, 2.05) is 48.5 Å². The van der Waals surface area contributed by atoms with Gasteiger partial charge >= 0.3 is 0 Å². The minimum atomic E-state index is -2.69. The van der Waals surface area contributed by atoms with Gasteiger partial charge in [-0.25, -0.2) is 0 Å². The summed E-state index contributed by atoms with van der Waals surface area (Å²) in [5, 5.41) is 10.9. The first-order valence-corrected chi connectivity index (χ1v) is 16.3. The number of rotatable bonds is 4. The summed E-state index contributed by atoms with van der Waals surface area (Å²) in [4.78, 5) is 8.67. The molecule has 1 saturated carbocycles. The Hall–Kier alpha value is -4.88. The third kappa shape index (κ3) is 7.34. The van der Waals surface area contributed by atoms with E-state index in [9.17, 15) is 6.63 Å². The van der Waals surface area contributed by atoms with E-state index in [0.717, 1.165) is 34.9 Å².